The standard InChI is InChI=1S/C24H22FNO3/c25-19-10-6-9-18(15-19)24(13-3-4-14-24)23(28)29-16-22(27)26-21-12-5-8-17-7-1-2-11-20(17)21/h1-2,5-12,15H,3-4,13-14,16H2,(H,26,27). The summed E-state index contributed by atoms with van der Waals surface area (Å²) in [5.41, 5.74) is 0.418. The van der Waals surface area contributed by atoms with Crippen LogP contribution in [0.4, 0.5) is 10.1 Å². The smallest absolute Gasteiger partial charge is 0.317 e. The Labute approximate surface area is 168 Å². The van der Waals surface area contributed by atoms with Gasteiger partial charge in [0.15, 0.2) is 6.61 Å². The number of esters is 1. The number of carbonyl (C=O) groups excluding carboxylic acids is 2. The zero-order chi connectivity index (χ0) is 20.3. The van der Waals surface area contributed by atoms with Crippen LogP contribution in [-0.2, 0) is 19.7 Å². The highest BCUT2D eigenvalue weighted by Gasteiger charge is 2.44. The van der Waals surface area contributed by atoms with E-state index in [0.717, 1.165) is 23.6 Å². The normalized spacial score (nSPS) is 15.2. The highest BCUT2D eigenvalue weighted by molar-refractivity contribution is 6.03. The molecular formula is C24H22FNO3. The van der Waals surface area contributed by atoms with Gasteiger partial charge in [-0.2, -0.15) is 0 Å². The maximum absolute atomic E-state index is 13.7. The molecule has 0 aliphatic heterocycles. The second-order valence-corrected chi connectivity index (χ2v) is 7.45. The summed E-state index contributed by atoms with van der Waals surface area (Å²) in [5, 5.41) is 4.75. The van der Waals surface area contributed by atoms with Crippen molar-refractivity contribution < 1.29 is 18.7 Å². The molecule has 0 radical (unpaired) electrons. The van der Waals surface area contributed by atoms with Crippen LogP contribution in [0.2, 0.25) is 0 Å². The lowest BCUT2D eigenvalue weighted by molar-refractivity contribution is -0.153. The highest BCUT2D eigenvalue weighted by atomic mass is 19.1. The molecule has 1 aliphatic carbocycles. The van der Waals surface area contributed by atoms with E-state index in [-0.39, 0.29) is 12.4 Å². The molecule has 0 bridgehead atoms. The predicted molar refractivity (Wildman–Crippen MR) is 110 cm³/mol. The van der Waals surface area contributed by atoms with Crippen LogP contribution in [0.1, 0.15) is 31.2 Å². The van der Waals surface area contributed by atoms with E-state index in [1.54, 1.807) is 12.1 Å². The maximum atomic E-state index is 13.7. The van der Waals surface area contributed by atoms with Crippen LogP contribution in [0.25, 0.3) is 10.8 Å². The Morgan fingerprint density at radius 3 is 2.48 bits per heavy atom. The summed E-state index contributed by atoms with van der Waals surface area (Å²) >= 11 is 0. The van der Waals surface area contributed by atoms with Crippen LogP contribution >= 0.6 is 0 Å². The first-order valence-electron chi connectivity index (χ1n) is 9.79. The predicted octanol–water partition coefficient (Wildman–Crippen LogP) is 4.97. The molecule has 1 aliphatic rings. The van der Waals surface area contributed by atoms with E-state index in [4.69, 9.17) is 4.74 Å². The van der Waals surface area contributed by atoms with Crippen LogP contribution < -0.4 is 5.32 Å². The van der Waals surface area contributed by atoms with Crippen LogP contribution in [0, 0.1) is 5.82 Å². The number of fused-ring (bicyclic) bond motifs is 1. The Hall–Kier alpha value is -3.21. The number of anilines is 1. The minimum Gasteiger partial charge on any atom is -0.455 e. The Balaban J connectivity index is 1.46. The summed E-state index contributed by atoms with van der Waals surface area (Å²) in [5.74, 6) is -1.24. The molecule has 3 aromatic carbocycles. The lowest BCUT2D eigenvalue weighted by Crippen LogP contribution is -2.36. The van der Waals surface area contributed by atoms with Gasteiger partial charge in [-0.15, -0.1) is 0 Å². The fourth-order valence-electron chi connectivity index (χ4n) is 4.17. The molecule has 0 atom stereocenters. The molecule has 4 rings (SSSR count). The summed E-state index contributed by atoms with van der Waals surface area (Å²) in [4.78, 5) is 25.3. The first-order chi connectivity index (χ1) is 14.1. The molecule has 29 heavy (non-hydrogen) atoms. The Kier molecular flexibility index (Phi) is 5.30. The fraction of sp³-hybridized carbons (Fsp3) is 0.250. The van der Waals surface area contributed by atoms with Crippen LogP contribution in [-0.4, -0.2) is 18.5 Å². The number of halogens is 1. The number of benzene rings is 3. The van der Waals surface area contributed by atoms with Crippen molar-refractivity contribution in [3.63, 3.8) is 0 Å². The van der Waals surface area contributed by atoms with Gasteiger partial charge in [0.25, 0.3) is 5.91 Å². The molecule has 1 saturated carbocycles. The molecule has 4 nitrogen and oxygen atoms in total. The first kappa shape index (κ1) is 19.1. The molecule has 3 aromatic rings. The lowest BCUT2D eigenvalue weighted by Gasteiger charge is -2.27. The van der Waals surface area contributed by atoms with Gasteiger partial charge in [0.2, 0.25) is 0 Å². The molecule has 0 aromatic heterocycles. The average Bonchev–Trinajstić information content (AvgIpc) is 3.24. The Bertz CT molecular complexity index is 1050. The van der Waals surface area contributed by atoms with Crippen LogP contribution in [0.5, 0.6) is 0 Å². The van der Waals surface area contributed by atoms with Crippen molar-refractivity contribution in [2.75, 3.05) is 11.9 Å². The van der Waals surface area contributed by atoms with Gasteiger partial charge in [-0.05, 0) is 42.0 Å². The number of amides is 1. The minimum atomic E-state index is -0.873. The van der Waals surface area contributed by atoms with Crippen molar-refractivity contribution in [2.45, 2.75) is 31.1 Å². The van der Waals surface area contributed by atoms with E-state index >= 15 is 0 Å². The molecule has 0 unspecified atom stereocenters. The van der Waals surface area contributed by atoms with Gasteiger partial charge < -0.3 is 10.1 Å². The first-order valence-corrected chi connectivity index (χ1v) is 9.79. The van der Waals surface area contributed by atoms with E-state index in [0.29, 0.717) is 24.1 Å². The third-order valence-electron chi connectivity index (χ3n) is 5.62. The zero-order valence-corrected chi connectivity index (χ0v) is 16.0. The summed E-state index contributed by atoms with van der Waals surface area (Å²) < 4.78 is 19.1. The van der Waals surface area contributed by atoms with Crippen molar-refractivity contribution in [2.24, 2.45) is 0 Å². The average molecular weight is 391 g/mol. The van der Waals surface area contributed by atoms with Crippen molar-refractivity contribution >= 4 is 28.3 Å². The second kappa shape index (κ2) is 8.03. The molecular weight excluding hydrogens is 369 g/mol. The molecule has 0 heterocycles. The monoisotopic (exact) mass is 391 g/mol. The van der Waals surface area contributed by atoms with Gasteiger partial charge in [-0.3, -0.25) is 9.59 Å². The van der Waals surface area contributed by atoms with E-state index in [9.17, 15) is 14.0 Å². The van der Waals surface area contributed by atoms with Crippen LogP contribution in [0.3, 0.4) is 0 Å². The second-order valence-electron chi connectivity index (χ2n) is 7.45. The van der Waals surface area contributed by atoms with Gasteiger partial charge in [-0.1, -0.05) is 61.4 Å². The SMILES string of the molecule is O=C(COC(=O)C1(c2cccc(F)c2)CCCC1)Nc1cccc2ccccc12. The van der Waals surface area contributed by atoms with Crippen molar-refractivity contribution in [3.8, 4) is 0 Å². The molecule has 0 spiro atoms. The summed E-state index contributed by atoms with van der Waals surface area (Å²) in [6.45, 7) is -0.376. The van der Waals surface area contributed by atoms with Gasteiger partial charge in [-0.25, -0.2) is 4.39 Å². The molecule has 148 valence electrons. The number of nitrogens with one attached hydrogen (secondary N) is 1. The summed E-state index contributed by atoms with van der Waals surface area (Å²) in [6, 6.07) is 19.5. The summed E-state index contributed by atoms with van der Waals surface area (Å²) in [7, 11) is 0. The molecule has 1 N–H and O–H groups in total. The fourth-order valence-corrected chi connectivity index (χ4v) is 4.17. The van der Waals surface area contributed by atoms with E-state index in [1.165, 1.54) is 12.1 Å². The highest BCUT2D eigenvalue weighted by Crippen LogP contribution is 2.42. The van der Waals surface area contributed by atoms with E-state index in [1.807, 2.05) is 42.5 Å². The van der Waals surface area contributed by atoms with Crippen molar-refractivity contribution in [3.05, 3.63) is 78.1 Å². The molecule has 1 amide bonds. The largest absolute Gasteiger partial charge is 0.455 e. The third kappa shape index (κ3) is 3.86. The third-order valence-corrected chi connectivity index (χ3v) is 5.62. The van der Waals surface area contributed by atoms with Gasteiger partial charge in [0.05, 0.1) is 5.41 Å². The molecule has 5 heteroatoms. The van der Waals surface area contributed by atoms with Gasteiger partial charge >= 0.3 is 5.97 Å². The topological polar surface area (TPSA) is 55.4 Å². The van der Waals surface area contributed by atoms with E-state index < -0.39 is 17.3 Å². The summed E-state index contributed by atoms with van der Waals surface area (Å²) in [6.07, 6.45) is 2.93. The Morgan fingerprint density at radius 1 is 0.966 bits per heavy atom. The quantitative estimate of drug-likeness (QED) is 0.625. The molecule has 0 saturated heterocycles. The lowest BCUT2D eigenvalue weighted by atomic mass is 9.79. The minimum absolute atomic E-state index is 0.376. The number of hydrogen-bond donors (Lipinski definition) is 1. The van der Waals surface area contributed by atoms with Gasteiger partial charge in [0, 0.05) is 11.1 Å². The van der Waals surface area contributed by atoms with Gasteiger partial charge in [0.1, 0.15) is 5.82 Å². The number of ether oxygens (including phenoxy) is 1. The van der Waals surface area contributed by atoms with Crippen LogP contribution in [0.15, 0.2) is 66.7 Å². The number of hydrogen-bond acceptors (Lipinski definition) is 3. The van der Waals surface area contributed by atoms with Crippen molar-refractivity contribution in [1.82, 2.24) is 0 Å². The molecule has 1 fully saturated rings. The number of rotatable bonds is 5. The van der Waals surface area contributed by atoms with E-state index in [2.05, 4.69) is 5.32 Å². The van der Waals surface area contributed by atoms with Crippen molar-refractivity contribution in [1.29, 1.82) is 0 Å². The Morgan fingerprint density at radius 2 is 1.69 bits per heavy atom. The zero-order valence-electron chi connectivity index (χ0n) is 16.0. The number of carbonyl (C=O) groups is 2. The maximum Gasteiger partial charge on any atom is 0.317 e.